The normalized spacial score (nSPS) is 10.7. The van der Waals surface area contributed by atoms with Gasteiger partial charge in [-0.25, -0.2) is 5.43 Å². The van der Waals surface area contributed by atoms with E-state index in [1.54, 1.807) is 36.2 Å². The van der Waals surface area contributed by atoms with Gasteiger partial charge in [-0.1, -0.05) is 23.7 Å². The number of amides is 1. The monoisotopic (exact) mass is 334 g/mol. The summed E-state index contributed by atoms with van der Waals surface area (Å²) in [5.41, 5.74) is 3.70. The Kier molecular flexibility index (Phi) is 5.86. The van der Waals surface area contributed by atoms with Crippen LogP contribution in [0.1, 0.15) is 15.9 Å². The first-order chi connectivity index (χ1) is 10.6. The first-order valence-corrected chi connectivity index (χ1v) is 8.05. The van der Waals surface area contributed by atoms with E-state index >= 15 is 0 Å². The van der Waals surface area contributed by atoms with Crippen molar-refractivity contribution in [2.75, 3.05) is 13.4 Å². The smallest absolute Gasteiger partial charge is 0.275 e. The molecule has 0 bridgehead atoms. The molecule has 22 heavy (non-hydrogen) atoms. The van der Waals surface area contributed by atoms with Crippen LogP contribution in [0.25, 0.3) is 0 Å². The average Bonchev–Trinajstić information content (AvgIpc) is 2.55. The van der Waals surface area contributed by atoms with Gasteiger partial charge in [-0.05, 0) is 42.2 Å². The van der Waals surface area contributed by atoms with Crippen LogP contribution in [0.5, 0.6) is 5.75 Å². The molecule has 0 aliphatic heterocycles. The molecule has 0 spiro atoms. The number of hydrazone groups is 1. The van der Waals surface area contributed by atoms with E-state index in [1.807, 2.05) is 30.5 Å². The number of hydrogen-bond donors (Lipinski definition) is 1. The number of benzene rings is 2. The van der Waals surface area contributed by atoms with Crippen LogP contribution < -0.4 is 10.2 Å². The van der Waals surface area contributed by atoms with Crippen LogP contribution in [0.4, 0.5) is 0 Å². The number of carbonyl (C=O) groups excluding carboxylic acids is 1. The van der Waals surface area contributed by atoms with Gasteiger partial charge in [0.05, 0.1) is 18.9 Å². The zero-order chi connectivity index (χ0) is 15.9. The third-order valence-corrected chi connectivity index (χ3v) is 3.88. The molecule has 6 heteroatoms. The highest BCUT2D eigenvalue weighted by atomic mass is 35.5. The average molecular weight is 335 g/mol. The minimum Gasteiger partial charge on any atom is -0.496 e. The van der Waals surface area contributed by atoms with Crippen LogP contribution in [0.2, 0.25) is 5.02 Å². The van der Waals surface area contributed by atoms with Gasteiger partial charge < -0.3 is 4.74 Å². The third kappa shape index (κ3) is 4.26. The van der Waals surface area contributed by atoms with Gasteiger partial charge in [0.2, 0.25) is 0 Å². The highest BCUT2D eigenvalue weighted by Gasteiger charge is 2.11. The van der Waals surface area contributed by atoms with E-state index in [2.05, 4.69) is 10.5 Å². The van der Waals surface area contributed by atoms with Gasteiger partial charge in [0, 0.05) is 9.92 Å². The second kappa shape index (κ2) is 7.87. The molecule has 0 aliphatic carbocycles. The van der Waals surface area contributed by atoms with Crippen molar-refractivity contribution in [3.63, 3.8) is 0 Å². The van der Waals surface area contributed by atoms with E-state index in [9.17, 15) is 4.79 Å². The van der Waals surface area contributed by atoms with Crippen molar-refractivity contribution in [1.29, 1.82) is 0 Å². The summed E-state index contributed by atoms with van der Waals surface area (Å²) in [7, 11) is 1.50. The Morgan fingerprint density at radius 3 is 2.64 bits per heavy atom. The first kappa shape index (κ1) is 16.4. The lowest BCUT2D eigenvalue weighted by Crippen LogP contribution is -2.18. The molecule has 2 aromatic carbocycles. The number of methoxy groups -OCH3 is 1. The van der Waals surface area contributed by atoms with Crippen LogP contribution in [-0.4, -0.2) is 25.5 Å². The maximum atomic E-state index is 12.1. The molecule has 0 aliphatic rings. The summed E-state index contributed by atoms with van der Waals surface area (Å²) in [5.74, 6) is 0.0674. The molecule has 2 aromatic rings. The third-order valence-electron chi connectivity index (χ3n) is 2.90. The largest absolute Gasteiger partial charge is 0.496 e. The molecule has 2 rings (SSSR count). The molecule has 1 N–H and O–H groups in total. The van der Waals surface area contributed by atoms with E-state index in [1.165, 1.54) is 12.0 Å². The summed E-state index contributed by atoms with van der Waals surface area (Å²) in [6.07, 6.45) is 3.60. The lowest BCUT2D eigenvalue weighted by molar-refractivity contribution is 0.0952. The van der Waals surface area contributed by atoms with Gasteiger partial charge in [-0.3, -0.25) is 4.79 Å². The van der Waals surface area contributed by atoms with Gasteiger partial charge in [-0.2, -0.15) is 5.10 Å². The second-order valence-corrected chi connectivity index (χ2v) is 5.63. The molecule has 0 fully saturated rings. The van der Waals surface area contributed by atoms with Crippen LogP contribution >= 0.6 is 23.4 Å². The van der Waals surface area contributed by atoms with E-state index in [4.69, 9.17) is 16.3 Å². The summed E-state index contributed by atoms with van der Waals surface area (Å²) in [6, 6.07) is 12.7. The van der Waals surface area contributed by atoms with Crippen molar-refractivity contribution in [3.05, 3.63) is 58.6 Å². The zero-order valence-electron chi connectivity index (χ0n) is 12.2. The Bertz CT molecular complexity index is 687. The summed E-state index contributed by atoms with van der Waals surface area (Å²) in [6.45, 7) is 0. The van der Waals surface area contributed by atoms with Gasteiger partial charge in [0.1, 0.15) is 5.75 Å². The fraction of sp³-hybridized carbons (Fsp3) is 0.125. The highest BCUT2D eigenvalue weighted by Crippen LogP contribution is 2.22. The Labute approximate surface area is 138 Å². The summed E-state index contributed by atoms with van der Waals surface area (Å²) in [4.78, 5) is 13.3. The molecule has 0 aromatic heterocycles. The van der Waals surface area contributed by atoms with Gasteiger partial charge in [0.25, 0.3) is 5.91 Å². The SMILES string of the molecule is COc1ccc(Cl)cc1C(=O)NN=Cc1ccc(SC)cc1. The standard InChI is InChI=1S/C16H15ClN2O2S/c1-21-15-8-5-12(17)9-14(15)16(20)19-18-10-11-3-6-13(22-2)7-4-11/h3-10H,1-2H3,(H,19,20). The van der Waals surface area contributed by atoms with Gasteiger partial charge in [0.15, 0.2) is 0 Å². The van der Waals surface area contributed by atoms with E-state index < -0.39 is 0 Å². The van der Waals surface area contributed by atoms with E-state index in [0.29, 0.717) is 16.3 Å². The molecule has 1 amide bonds. The van der Waals surface area contributed by atoms with Crippen molar-refractivity contribution in [3.8, 4) is 5.75 Å². The molecule has 4 nitrogen and oxygen atoms in total. The van der Waals surface area contributed by atoms with Crippen molar-refractivity contribution in [2.45, 2.75) is 4.90 Å². The number of rotatable bonds is 5. The molecule has 0 atom stereocenters. The number of hydrogen-bond acceptors (Lipinski definition) is 4. The predicted octanol–water partition coefficient (Wildman–Crippen LogP) is 3.83. The molecule has 114 valence electrons. The van der Waals surface area contributed by atoms with Crippen molar-refractivity contribution in [1.82, 2.24) is 5.43 Å². The second-order valence-electron chi connectivity index (χ2n) is 4.32. The van der Waals surface area contributed by atoms with Crippen molar-refractivity contribution < 1.29 is 9.53 Å². The van der Waals surface area contributed by atoms with Crippen LogP contribution in [0.15, 0.2) is 52.5 Å². The maximum absolute atomic E-state index is 12.1. The number of nitrogens with one attached hydrogen (secondary N) is 1. The molecule has 0 heterocycles. The van der Waals surface area contributed by atoms with Crippen LogP contribution in [0.3, 0.4) is 0 Å². The predicted molar refractivity (Wildman–Crippen MR) is 91.3 cm³/mol. The van der Waals surface area contributed by atoms with Crippen LogP contribution in [0, 0.1) is 0 Å². The lowest BCUT2D eigenvalue weighted by Gasteiger charge is -2.07. The van der Waals surface area contributed by atoms with Gasteiger partial charge >= 0.3 is 0 Å². The minimum absolute atomic E-state index is 0.338. The fourth-order valence-electron chi connectivity index (χ4n) is 1.77. The Balaban J connectivity index is 2.05. The maximum Gasteiger partial charge on any atom is 0.275 e. The number of ether oxygens (including phenoxy) is 1. The molecule has 0 unspecified atom stereocenters. The van der Waals surface area contributed by atoms with E-state index in [-0.39, 0.29) is 5.91 Å². The topological polar surface area (TPSA) is 50.7 Å². The Hall–Kier alpha value is -1.98. The lowest BCUT2D eigenvalue weighted by atomic mass is 10.2. The van der Waals surface area contributed by atoms with Crippen molar-refractivity contribution in [2.24, 2.45) is 5.10 Å². The highest BCUT2D eigenvalue weighted by molar-refractivity contribution is 7.98. The summed E-state index contributed by atoms with van der Waals surface area (Å²) in [5, 5.41) is 4.41. The molecule has 0 saturated heterocycles. The molecule has 0 saturated carbocycles. The number of halogens is 1. The van der Waals surface area contributed by atoms with Crippen LogP contribution in [-0.2, 0) is 0 Å². The zero-order valence-corrected chi connectivity index (χ0v) is 13.7. The minimum atomic E-state index is -0.378. The molecule has 0 radical (unpaired) electrons. The first-order valence-electron chi connectivity index (χ1n) is 6.45. The van der Waals surface area contributed by atoms with Gasteiger partial charge in [-0.15, -0.1) is 11.8 Å². The summed E-state index contributed by atoms with van der Waals surface area (Å²) >= 11 is 7.57. The number of thioether (sulfide) groups is 1. The Morgan fingerprint density at radius 1 is 1.27 bits per heavy atom. The fourth-order valence-corrected chi connectivity index (χ4v) is 2.35. The van der Waals surface area contributed by atoms with Crippen molar-refractivity contribution >= 4 is 35.5 Å². The Morgan fingerprint density at radius 2 is 2.00 bits per heavy atom. The molecular weight excluding hydrogens is 320 g/mol. The van der Waals surface area contributed by atoms with E-state index in [0.717, 1.165) is 5.56 Å². The number of nitrogens with zero attached hydrogens (tertiary/aromatic N) is 1. The summed E-state index contributed by atoms with van der Waals surface area (Å²) < 4.78 is 5.14. The number of carbonyl (C=O) groups is 1. The molecular formula is C16H15ClN2O2S. The quantitative estimate of drug-likeness (QED) is 0.513.